The minimum Gasteiger partial charge on any atom is -0.311 e. The molecular weight excluding hydrogens is 306 g/mol. The van der Waals surface area contributed by atoms with E-state index in [4.69, 9.17) is 11.6 Å². The molecule has 5 heteroatoms. The second kappa shape index (κ2) is 6.84. The van der Waals surface area contributed by atoms with Gasteiger partial charge in [0, 0.05) is 30.2 Å². The maximum absolute atomic E-state index is 12.4. The molecule has 1 heterocycles. The first-order chi connectivity index (χ1) is 9.97. The zero-order valence-electron chi connectivity index (χ0n) is 12.6. The molecule has 0 N–H and O–H groups in total. The third kappa shape index (κ3) is 3.43. The van der Waals surface area contributed by atoms with Gasteiger partial charge in [-0.25, -0.2) is 0 Å². The minimum atomic E-state index is 0.0448. The molecule has 1 aliphatic rings. The number of rotatable bonds is 4. The highest BCUT2D eigenvalue weighted by molar-refractivity contribution is 8.14. The molecule has 114 valence electrons. The van der Waals surface area contributed by atoms with Crippen LogP contribution in [0.15, 0.2) is 12.1 Å². The van der Waals surface area contributed by atoms with Gasteiger partial charge < -0.3 is 4.90 Å². The molecule has 1 amide bonds. The van der Waals surface area contributed by atoms with Gasteiger partial charge >= 0.3 is 0 Å². The summed E-state index contributed by atoms with van der Waals surface area (Å²) in [4.78, 5) is 25.5. The van der Waals surface area contributed by atoms with Crippen molar-refractivity contribution in [1.29, 1.82) is 0 Å². The molecule has 1 atom stereocenters. The second-order valence-corrected chi connectivity index (χ2v) is 7.07. The molecule has 1 fully saturated rings. The summed E-state index contributed by atoms with van der Waals surface area (Å²) in [6, 6.07) is 3.90. The van der Waals surface area contributed by atoms with Gasteiger partial charge in [-0.15, -0.1) is 0 Å². The Labute approximate surface area is 135 Å². The van der Waals surface area contributed by atoms with Crippen molar-refractivity contribution in [2.75, 3.05) is 11.4 Å². The van der Waals surface area contributed by atoms with Gasteiger partial charge in [0.2, 0.25) is 5.91 Å². The Balaban J connectivity index is 2.39. The maximum Gasteiger partial charge on any atom is 0.228 e. The van der Waals surface area contributed by atoms with Crippen LogP contribution < -0.4 is 4.90 Å². The van der Waals surface area contributed by atoms with Crippen LogP contribution in [0.1, 0.15) is 38.3 Å². The van der Waals surface area contributed by atoms with Crippen LogP contribution in [0.2, 0.25) is 5.02 Å². The van der Waals surface area contributed by atoms with E-state index in [-0.39, 0.29) is 16.3 Å². The SMILES string of the molecule is CCc1ccc(Cl)c(CC)c1N1CC(SC(C)=O)CC1=O. The van der Waals surface area contributed by atoms with E-state index in [0.29, 0.717) is 18.0 Å². The predicted octanol–water partition coefficient (Wildman–Crippen LogP) is 3.85. The Morgan fingerprint density at radius 2 is 2.10 bits per heavy atom. The summed E-state index contributed by atoms with van der Waals surface area (Å²) in [5, 5.41) is 0.815. The predicted molar refractivity (Wildman–Crippen MR) is 89.2 cm³/mol. The highest BCUT2D eigenvalue weighted by Crippen LogP contribution is 2.37. The summed E-state index contributed by atoms with van der Waals surface area (Å²) in [6.45, 7) is 6.26. The fourth-order valence-electron chi connectivity index (χ4n) is 2.82. The first kappa shape index (κ1) is 16.4. The molecule has 21 heavy (non-hydrogen) atoms. The third-order valence-corrected chi connectivity index (χ3v) is 5.07. The summed E-state index contributed by atoms with van der Waals surface area (Å²) in [7, 11) is 0. The third-order valence-electron chi connectivity index (χ3n) is 3.74. The van der Waals surface area contributed by atoms with E-state index in [1.807, 2.05) is 24.0 Å². The van der Waals surface area contributed by atoms with Crippen molar-refractivity contribution in [2.24, 2.45) is 0 Å². The number of halogens is 1. The van der Waals surface area contributed by atoms with Crippen LogP contribution in [0.25, 0.3) is 0 Å². The van der Waals surface area contributed by atoms with Gasteiger partial charge in [-0.05, 0) is 30.0 Å². The number of amides is 1. The number of hydrogen-bond acceptors (Lipinski definition) is 3. The molecule has 0 spiro atoms. The molecule has 0 saturated carbocycles. The topological polar surface area (TPSA) is 37.4 Å². The summed E-state index contributed by atoms with van der Waals surface area (Å²) in [5.74, 6) is 0.0837. The van der Waals surface area contributed by atoms with Crippen LogP contribution in [-0.4, -0.2) is 22.8 Å². The molecule has 1 aromatic carbocycles. The number of aryl methyl sites for hydroxylation is 1. The minimum absolute atomic E-state index is 0.0448. The van der Waals surface area contributed by atoms with Crippen LogP contribution >= 0.6 is 23.4 Å². The summed E-state index contributed by atoms with van der Waals surface area (Å²) < 4.78 is 0. The fraction of sp³-hybridized carbons (Fsp3) is 0.500. The number of hydrogen-bond donors (Lipinski definition) is 0. The van der Waals surface area contributed by atoms with Gasteiger partial charge in [-0.3, -0.25) is 9.59 Å². The number of anilines is 1. The Hall–Kier alpha value is -1.00. The number of thioether (sulfide) groups is 1. The number of nitrogens with zero attached hydrogens (tertiary/aromatic N) is 1. The lowest BCUT2D eigenvalue weighted by Crippen LogP contribution is -2.27. The quantitative estimate of drug-likeness (QED) is 0.843. The standard InChI is InChI=1S/C16H20ClNO2S/c1-4-11-6-7-14(17)13(5-2)16(11)18-9-12(8-15(18)20)21-10(3)19/h6-7,12H,4-5,8-9H2,1-3H3. The molecular formula is C16H20ClNO2S. The lowest BCUT2D eigenvalue weighted by Gasteiger charge is -2.24. The normalized spacial score (nSPS) is 18.4. The van der Waals surface area contributed by atoms with Crippen LogP contribution in [0.5, 0.6) is 0 Å². The van der Waals surface area contributed by atoms with Gasteiger partial charge in [0.15, 0.2) is 5.12 Å². The van der Waals surface area contributed by atoms with Crippen LogP contribution in [-0.2, 0) is 22.4 Å². The molecule has 2 rings (SSSR count). The molecule has 1 aliphatic heterocycles. The molecule has 3 nitrogen and oxygen atoms in total. The van der Waals surface area contributed by atoms with Crippen molar-refractivity contribution in [1.82, 2.24) is 0 Å². The molecule has 1 saturated heterocycles. The van der Waals surface area contributed by atoms with E-state index in [1.165, 1.54) is 11.8 Å². The number of carbonyl (C=O) groups excluding carboxylic acids is 2. The first-order valence-electron chi connectivity index (χ1n) is 7.25. The van der Waals surface area contributed by atoms with E-state index >= 15 is 0 Å². The summed E-state index contributed by atoms with van der Waals surface area (Å²) in [5.41, 5.74) is 3.13. The average molecular weight is 326 g/mol. The van der Waals surface area contributed by atoms with Gasteiger partial charge in [0.25, 0.3) is 0 Å². The van der Waals surface area contributed by atoms with Gasteiger partial charge in [-0.1, -0.05) is 43.3 Å². The number of carbonyl (C=O) groups is 2. The zero-order valence-corrected chi connectivity index (χ0v) is 14.2. The van der Waals surface area contributed by atoms with Gasteiger partial charge in [-0.2, -0.15) is 0 Å². The highest BCUT2D eigenvalue weighted by Gasteiger charge is 2.34. The van der Waals surface area contributed by atoms with Crippen LogP contribution in [0.3, 0.4) is 0 Å². The molecule has 1 aromatic rings. The van der Waals surface area contributed by atoms with Crippen molar-refractivity contribution in [2.45, 2.75) is 45.3 Å². The second-order valence-electron chi connectivity index (χ2n) is 5.18. The van der Waals surface area contributed by atoms with E-state index in [0.717, 1.165) is 29.7 Å². The Kier molecular flexibility index (Phi) is 5.33. The highest BCUT2D eigenvalue weighted by atomic mass is 35.5. The van der Waals surface area contributed by atoms with E-state index < -0.39 is 0 Å². The van der Waals surface area contributed by atoms with Crippen molar-refractivity contribution < 1.29 is 9.59 Å². The van der Waals surface area contributed by atoms with Gasteiger partial charge in [0.05, 0.1) is 5.69 Å². The molecule has 0 radical (unpaired) electrons. The number of benzene rings is 1. The van der Waals surface area contributed by atoms with E-state index in [1.54, 1.807) is 6.92 Å². The van der Waals surface area contributed by atoms with Crippen molar-refractivity contribution >= 4 is 40.1 Å². The maximum atomic E-state index is 12.4. The smallest absolute Gasteiger partial charge is 0.228 e. The summed E-state index contributed by atoms with van der Waals surface area (Å²) >= 11 is 7.57. The van der Waals surface area contributed by atoms with Crippen molar-refractivity contribution in [3.8, 4) is 0 Å². The monoisotopic (exact) mass is 325 g/mol. The lowest BCUT2D eigenvalue weighted by atomic mass is 10.0. The Bertz CT molecular complexity index is 574. The van der Waals surface area contributed by atoms with Crippen LogP contribution in [0.4, 0.5) is 5.69 Å². The molecule has 0 bridgehead atoms. The van der Waals surface area contributed by atoms with E-state index in [9.17, 15) is 9.59 Å². The molecule has 0 aliphatic carbocycles. The van der Waals surface area contributed by atoms with Crippen molar-refractivity contribution in [3.63, 3.8) is 0 Å². The van der Waals surface area contributed by atoms with E-state index in [2.05, 4.69) is 6.92 Å². The van der Waals surface area contributed by atoms with Crippen molar-refractivity contribution in [3.05, 3.63) is 28.3 Å². The molecule has 1 unspecified atom stereocenters. The molecule has 0 aromatic heterocycles. The van der Waals surface area contributed by atoms with Gasteiger partial charge in [0.1, 0.15) is 0 Å². The first-order valence-corrected chi connectivity index (χ1v) is 8.51. The van der Waals surface area contributed by atoms with Crippen LogP contribution in [0, 0.1) is 0 Å². The Morgan fingerprint density at radius 1 is 1.38 bits per heavy atom. The fourth-order valence-corrected chi connectivity index (χ4v) is 4.03. The average Bonchev–Trinajstić information content (AvgIpc) is 2.77. The largest absolute Gasteiger partial charge is 0.311 e. The Morgan fingerprint density at radius 3 is 2.67 bits per heavy atom. The summed E-state index contributed by atoms with van der Waals surface area (Å²) in [6.07, 6.45) is 2.06. The zero-order chi connectivity index (χ0) is 15.6. The lowest BCUT2D eigenvalue weighted by molar-refractivity contribution is -0.117.